The van der Waals surface area contributed by atoms with Crippen LogP contribution < -0.4 is 4.90 Å². The van der Waals surface area contributed by atoms with E-state index in [1.54, 1.807) is 0 Å². The van der Waals surface area contributed by atoms with Crippen LogP contribution in [-0.2, 0) is 5.41 Å². The number of fused-ring (bicyclic) bond motifs is 7. The molecule has 0 unspecified atom stereocenters. The Kier molecular flexibility index (Phi) is 7.22. The van der Waals surface area contributed by atoms with Crippen LogP contribution in [0.4, 0.5) is 17.1 Å². The van der Waals surface area contributed by atoms with Crippen molar-refractivity contribution in [1.29, 1.82) is 0 Å². The molecule has 1 aliphatic rings. The zero-order chi connectivity index (χ0) is 33.0. The minimum absolute atomic E-state index is 0.211. The molecule has 8 rings (SSSR count). The Balaban J connectivity index is 1.54. The van der Waals surface area contributed by atoms with Gasteiger partial charge in [0.2, 0.25) is 0 Å². The van der Waals surface area contributed by atoms with Gasteiger partial charge in [0.15, 0.2) is 0 Å². The third-order valence-electron chi connectivity index (χ3n) is 9.82. The molecule has 0 saturated carbocycles. The van der Waals surface area contributed by atoms with Crippen LogP contribution in [0.5, 0.6) is 0 Å². The number of para-hydroxylation sites is 4. The standard InChI is InChI=1S/C45H41N3/c1-6-32(27-26-31(2)3)42-41-37-30-36(46(33-18-10-7-11-19-33)34-20-12-8-13-21-34)28-29-39(37)47(35-22-14-9-15-23-35)43(41)44-45(4,5)38-24-16-17-25-40(38)48(42)44/h6-31H,1-5H3/b27-26-,32-6+. The predicted octanol–water partition coefficient (Wildman–Crippen LogP) is 12.3. The molecular weight excluding hydrogens is 583 g/mol. The molecule has 0 N–H and O–H groups in total. The van der Waals surface area contributed by atoms with Crippen molar-refractivity contribution in [2.75, 3.05) is 4.90 Å². The summed E-state index contributed by atoms with van der Waals surface area (Å²) in [6, 6.07) is 48.2. The van der Waals surface area contributed by atoms with E-state index in [4.69, 9.17) is 0 Å². The van der Waals surface area contributed by atoms with Gasteiger partial charge in [-0.1, -0.05) is 119 Å². The Morgan fingerprint density at radius 2 is 1.29 bits per heavy atom. The molecule has 0 bridgehead atoms. The van der Waals surface area contributed by atoms with Crippen molar-refractivity contribution in [3.05, 3.63) is 169 Å². The van der Waals surface area contributed by atoms with Gasteiger partial charge < -0.3 is 14.0 Å². The highest BCUT2D eigenvalue weighted by molar-refractivity contribution is 6.17. The molecule has 3 heterocycles. The average molecular weight is 624 g/mol. The fourth-order valence-electron chi connectivity index (χ4n) is 7.68. The van der Waals surface area contributed by atoms with Crippen LogP contribution in [0.15, 0.2) is 152 Å². The lowest BCUT2D eigenvalue weighted by molar-refractivity contribution is 0.645. The Labute approximate surface area is 283 Å². The highest BCUT2D eigenvalue weighted by atomic mass is 15.1. The van der Waals surface area contributed by atoms with E-state index in [9.17, 15) is 0 Å². The molecule has 7 aromatic rings. The Morgan fingerprint density at radius 1 is 0.688 bits per heavy atom. The molecule has 5 aromatic carbocycles. The van der Waals surface area contributed by atoms with Gasteiger partial charge >= 0.3 is 0 Å². The maximum Gasteiger partial charge on any atom is 0.0770 e. The Hall–Kier alpha value is -5.54. The minimum atomic E-state index is -0.211. The van der Waals surface area contributed by atoms with Gasteiger partial charge in [0.25, 0.3) is 0 Å². The molecule has 1 aliphatic heterocycles. The molecule has 3 nitrogen and oxygen atoms in total. The van der Waals surface area contributed by atoms with Gasteiger partial charge in [0.1, 0.15) is 0 Å². The number of aromatic nitrogens is 2. The van der Waals surface area contributed by atoms with E-state index in [1.165, 1.54) is 55.7 Å². The van der Waals surface area contributed by atoms with Gasteiger partial charge in [-0.3, -0.25) is 0 Å². The molecule has 0 radical (unpaired) electrons. The second-order valence-corrected chi connectivity index (χ2v) is 13.6. The van der Waals surface area contributed by atoms with E-state index in [2.05, 4.69) is 200 Å². The van der Waals surface area contributed by atoms with E-state index >= 15 is 0 Å². The minimum Gasteiger partial charge on any atom is -0.310 e. The number of nitrogens with zero attached hydrogens (tertiary/aromatic N) is 3. The van der Waals surface area contributed by atoms with E-state index in [-0.39, 0.29) is 5.41 Å². The number of benzene rings is 5. The highest BCUT2D eigenvalue weighted by Crippen LogP contribution is 2.53. The third-order valence-corrected chi connectivity index (χ3v) is 9.82. The van der Waals surface area contributed by atoms with Gasteiger partial charge in [-0.15, -0.1) is 0 Å². The molecule has 3 heteroatoms. The van der Waals surface area contributed by atoms with Gasteiger partial charge in [-0.2, -0.15) is 0 Å². The van der Waals surface area contributed by atoms with Crippen molar-refractivity contribution >= 4 is 44.4 Å². The number of allylic oxidation sites excluding steroid dienone is 4. The molecule has 48 heavy (non-hydrogen) atoms. The third kappa shape index (κ3) is 4.57. The van der Waals surface area contributed by atoms with Crippen LogP contribution >= 0.6 is 0 Å². The van der Waals surface area contributed by atoms with Crippen LogP contribution in [0.1, 0.15) is 51.6 Å². The first-order chi connectivity index (χ1) is 23.4. The van der Waals surface area contributed by atoms with Crippen LogP contribution in [-0.4, -0.2) is 9.13 Å². The molecule has 0 fully saturated rings. The SMILES string of the molecule is C/C=C(\C=C/C(C)C)c1c2c3cc(N(c4ccccc4)c4ccccc4)ccc3n(-c3ccccc3)c2c2n1-c1ccccc1C2(C)C. The van der Waals surface area contributed by atoms with Gasteiger partial charge in [0.05, 0.1) is 28.1 Å². The summed E-state index contributed by atoms with van der Waals surface area (Å²) < 4.78 is 5.07. The quantitative estimate of drug-likeness (QED) is 0.161. The average Bonchev–Trinajstić information content (AvgIpc) is 3.70. The van der Waals surface area contributed by atoms with Crippen LogP contribution in [0.25, 0.3) is 38.8 Å². The number of anilines is 3. The molecule has 0 aliphatic carbocycles. The van der Waals surface area contributed by atoms with Crippen molar-refractivity contribution in [2.45, 2.75) is 40.0 Å². The predicted molar refractivity (Wildman–Crippen MR) is 205 cm³/mol. The lowest BCUT2D eigenvalue weighted by Crippen LogP contribution is -2.16. The Bertz CT molecular complexity index is 2290. The lowest BCUT2D eigenvalue weighted by Gasteiger charge is -2.25. The molecule has 0 saturated heterocycles. The lowest BCUT2D eigenvalue weighted by atomic mass is 9.83. The summed E-state index contributed by atoms with van der Waals surface area (Å²) >= 11 is 0. The topological polar surface area (TPSA) is 13.1 Å². The van der Waals surface area contributed by atoms with Crippen LogP contribution in [0.2, 0.25) is 0 Å². The summed E-state index contributed by atoms with van der Waals surface area (Å²) in [6.45, 7) is 11.4. The largest absolute Gasteiger partial charge is 0.310 e. The van der Waals surface area contributed by atoms with E-state index in [1.807, 2.05) is 0 Å². The first-order valence-electron chi connectivity index (χ1n) is 17.0. The smallest absolute Gasteiger partial charge is 0.0770 e. The monoisotopic (exact) mass is 623 g/mol. The fraction of sp³-hybridized carbons (Fsp3) is 0.156. The number of rotatable bonds is 7. The molecular formula is C45H41N3. The van der Waals surface area contributed by atoms with Crippen molar-refractivity contribution in [2.24, 2.45) is 5.92 Å². The van der Waals surface area contributed by atoms with Gasteiger partial charge in [0, 0.05) is 38.9 Å². The molecule has 236 valence electrons. The zero-order valence-electron chi connectivity index (χ0n) is 28.4. The van der Waals surface area contributed by atoms with E-state index in [0.29, 0.717) is 5.92 Å². The fourth-order valence-corrected chi connectivity index (χ4v) is 7.68. The number of hydrogen-bond acceptors (Lipinski definition) is 1. The van der Waals surface area contributed by atoms with Crippen molar-refractivity contribution in [3.63, 3.8) is 0 Å². The van der Waals surface area contributed by atoms with Crippen LogP contribution in [0.3, 0.4) is 0 Å². The molecule has 2 aromatic heterocycles. The van der Waals surface area contributed by atoms with E-state index in [0.717, 1.165) is 17.1 Å². The van der Waals surface area contributed by atoms with Crippen molar-refractivity contribution in [1.82, 2.24) is 9.13 Å². The summed E-state index contributed by atoms with van der Waals surface area (Å²) in [7, 11) is 0. The Morgan fingerprint density at radius 3 is 1.92 bits per heavy atom. The van der Waals surface area contributed by atoms with E-state index < -0.39 is 0 Å². The summed E-state index contributed by atoms with van der Waals surface area (Å²) in [5.41, 5.74) is 13.3. The molecule has 0 atom stereocenters. The van der Waals surface area contributed by atoms with Gasteiger partial charge in [-0.25, -0.2) is 0 Å². The first kappa shape index (κ1) is 29.8. The molecule has 0 spiro atoms. The second-order valence-electron chi connectivity index (χ2n) is 13.6. The maximum absolute atomic E-state index is 2.57. The second kappa shape index (κ2) is 11.6. The summed E-state index contributed by atoms with van der Waals surface area (Å²) in [6.07, 6.45) is 6.93. The normalized spacial score (nSPS) is 13.9. The van der Waals surface area contributed by atoms with Crippen LogP contribution in [0, 0.1) is 5.92 Å². The summed E-state index contributed by atoms with van der Waals surface area (Å²) in [4.78, 5) is 2.36. The zero-order valence-corrected chi connectivity index (χ0v) is 28.4. The summed E-state index contributed by atoms with van der Waals surface area (Å²) in [5, 5.41) is 2.53. The van der Waals surface area contributed by atoms with Gasteiger partial charge in [-0.05, 0) is 84.6 Å². The van der Waals surface area contributed by atoms with Crippen molar-refractivity contribution in [3.8, 4) is 11.4 Å². The van der Waals surface area contributed by atoms with Crippen molar-refractivity contribution < 1.29 is 0 Å². The summed E-state index contributed by atoms with van der Waals surface area (Å²) in [5.74, 6) is 0.440. The first-order valence-corrected chi connectivity index (χ1v) is 17.0. The highest BCUT2D eigenvalue weighted by Gasteiger charge is 2.42. The maximum atomic E-state index is 2.57. The molecule has 0 amide bonds. The number of hydrogen-bond donors (Lipinski definition) is 0.